The number of hydrogen-bond donors (Lipinski definition) is 1. The van der Waals surface area contributed by atoms with Crippen molar-refractivity contribution in [3.8, 4) is 0 Å². The van der Waals surface area contributed by atoms with E-state index in [0.717, 1.165) is 5.92 Å². The lowest BCUT2D eigenvalue weighted by molar-refractivity contribution is 0.513. The Balaban J connectivity index is 1.68. The van der Waals surface area contributed by atoms with Crippen LogP contribution in [0.2, 0.25) is 0 Å². The highest BCUT2D eigenvalue weighted by molar-refractivity contribution is 7.98. The average molecular weight is 267 g/mol. The van der Waals surface area contributed by atoms with Crippen molar-refractivity contribution in [1.29, 1.82) is 0 Å². The van der Waals surface area contributed by atoms with Crippen LogP contribution in [0.15, 0.2) is 6.07 Å². The zero-order valence-electron chi connectivity index (χ0n) is 10.5. The van der Waals surface area contributed by atoms with Crippen molar-refractivity contribution in [3.05, 3.63) is 21.4 Å². The van der Waals surface area contributed by atoms with Crippen LogP contribution >= 0.6 is 23.1 Å². The summed E-state index contributed by atoms with van der Waals surface area (Å²) in [6, 6.07) is 3.08. The standard InChI is InChI=1S/C14H21NS2/c1-15-12(5-4-10-2-3-10)14-8-11-9-16-7-6-13(11)17-14/h8,10,12,15H,2-7,9H2,1H3. The molecule has 2 heterocycles. The van der Waals surface area contributed by atoms with Crippen molar-refractivity contribution in [3.63, 3.8) is 0 Å². The van der Waals surface area contributed by atoms with Gasteiger partial charge in [-0.25, -0.2) is 0 Å². The Morgan fingerprint density at radius 2 is 2.35 bits per heavy atom. The van der Waals surface area contributed by atoms with Crippen LogP contribution in [0.25, 0.3) is 0 Å². The number of rotatable bonds is 5. The highest BCUT2D eigenvalue weighted by atomic mass is 32.2. The van der Waals surface area contributed by atoms with E-state index in [1.807, 2.05) is 0 Å². The smallest absolute Gasteiger partial charge is 0.0412 e. The van der Waals surface area contributed by atoms with Gasteiger partial charge >= 0.3 is 0 Å². The van der Waals surface area contributed by atoms with Crippen molar-refractivity contribution in [2.45, 2.75) is 43.9 Å². The molecule has 0 amide bonds. The molecule has 0 bridgehead atoms. The molecule has 1 aromatic heterocycles. The highest BCUT2D eigenvalue weighted by Gasteiger charge is 2.24. The molecule has 1 atom stereocenters. The van der Waals surface area contributed by atoms with Gasteiger partial charge in [-0.15, -0.1) is 11.3 Å². The fraction of sp³-hybridized carbons (Fsp3) is 0.714. The van der Waals surface area contributed by atoms with Gasteiger partial charge in [0.2, 0.25) is 0 Å². The Kier molecular flexibility index (Phi) is 3.78. The normalized spacial score (nSPS) is 21.2. The van der Waals surface area contributed by atoms with E-state index in [1.165, 1.54) is 43.6 Å². The summed E-state index contributed by atoms with van der Waals surface area (Å²) >= 11 is 4.15. The summed E-state index contributed by atoms with van der Waals surface area (Å²) < 4.78 is 0. The lowest BCUT2D eigenvalue weighted by atomic mass is 10.1. The summed E-state index contributed by atoms with van der Waals surface area (Å²) in [4.78, 5) is 3.24. The van der Waals surface area contributed by atoms with E-state index in [1.54, 1.807) is 15.3 Å². The molecule has 1 aromatic rings. The monoisotopic (exact) mass is 267 g/mol. The number of aryl methyl sites for hydroxylation is 1. The van der Waals surface area contributed by atoms with Gasteiger partial charge in [0.15, 0.2) is 0 Å². The van der Waals surface area contributed by atoms with Crippen molar-refractivity contribution < 1.29 is 0 Å². The molecule has 1 nitrogen and oxygen atoms in total. The summed E-state index contributed by atoms with van der Waals surface area (Å²) in [5, 5.41) is 3.51. The van der Waals surface area contributed by atoms with Crippen LogP contribution in [0, 0.1) is 5.92 Å². The molecule has 3 heteroatoms. The Morgan fingerprint density at radius 1 is 1.47 bits per heavy atom. The number of hydrogen-bond acceptors (Lipinski definition) is 3. The van der Waals surface area contributed by atoms with Crippen molar-refractivity contribution >= 4 is 23.1 Å². The van der Waals surface area contributed by atoms with Gasteiger partial charge in [-0.1, -0.05) is 12.8 Å². The van der Waals surface area contributed by atoms with Gasteiger partial charge in [-0.2, -0.15) is 11.8 Å². The summed E-state index contributed by atoms with van der Waals surface area (Å²) in [6.45, 7) is 0. The summed E-state index contributed by atoms with van der Waals surface area (Å²) in [6.07, 6.45) is 7.00. The first kappa shape index (κ1) is 12.1. The molecule has 1 saturated carbocycles. The Morgan fingerprint density at radius 3 is 3.06 bits per heavy atom. The predicted octanol–water partition coefficient (Wildman–Crippen LogP) is 3.99. The van der Waals surface area contributed by atoms with Gasteiger partial charge in [0, 0.05) is 21.5 Å². The SMILES string of the molecule is CNC(CCC1CC1)c1cc2c(s1)CCSC2. The first-order chi connectivity index (χ1) is 8.36. The maximum atomic E-state index is 3.51. The second-order valence-electron chi connectivity index (χ2n) is 5.26. The molecule has 1 fully saturated rings. The zero-order chi connectivity index (χ0) is 11.7. The van der Waals surface area contributed by atoms with Gasteiger partial charge in [-0.3, -0.25) is 0 Å². The lowest BCUT2D eigenvalue weighted by Gasteiger charge is -2.13. The highest BCUT2D eigenvalue weighted by Crippen LogP contribution is 2.39. The van der Waals surface area contributed by atoms with E-state index in [4.69, 9.17) is 0 Å². The number of thioether (sulfide) groups is 1. The van der Waals surface area contributed by atoms with Crippen LogP contribution in [0.4, 0.5) is 0 Å². The fourth-order valence-corrected chi connectivity index (χ4v) is 5.10. The molecule has 94 valence electrons. The van der Waals surface area contributed by atoms with Gasteiger partial charge in [0.05, 0.1) is 0 Å². The molecule has 3 rings (SSSR count). The minimum atomic E-state index is 0.608. The molecule has 0 spiro atoms. The third-order valence-electron chi connectivity index (χ3n) is 3.90. The van der Waals surface area contributed by atoms with Crippen LogP contribution in [-0.2, 0) is 12.2 Å². The second kappa shape index (κ2) is 5.33. The first-order valence-corrected chi connectivity index (χ1v) is 8.70. The van der Waals surface area contributed by atoms with Gasteiger partial charge in [-0.05, 0) is 49.6 Å². The van der Waals surface area contributed by atoms with Crippen LogP contribution < -0.4 is 5.32 Å². The van der Waals surface area contributed by atoms with Gasteiger partial charge < -0.3 is 5.32 Å². The first-order valence-electron chi connectivity index (χ1n) is 6.73. The summed E-state index contributed by atoms with van der Waals surface area (Å²) in [5.41, 5.74) is 1.62. The zero-order valence-corrected chi connectivity index (χ0v) is 12.1. The molecule has 2 aliphatic rings. The summed E-state index contributed by atoms with van der Waals surface area (Å²) in [7, 11) is 2.12. The fourth-order valence-electron chi connectivity index (χ4n) is 2.58. The van der Waals surface area contributed by atoms with Gasteiger partial charge in [0.25, 0.3) is 0 Å². The molecule has 1 aliphatic carbocycles. The van der Waals surface area contributed by atoms with E-state index in [0.29, 0.717) is 6.04 Å². The van der Waals surface area contributed by atoms with E-state index in [-0.39, 0.29) is 0 Å². The molecule has 17 heavy (non-hydrogen) atoms. The molecular weight excluding hydrogens is 246 g/mol. The molecule has 0 radical (unpaired) electrons. The molecular formula is C14H21NS2. The molecule has 1 unspecified atom stereocenters. The number of thiophene rings is 1. The van der Waals surface area contributed by atoms with E-state index < -0.39 is 0 Å². The Hall–Kier alpha value is 0.01000. The predicted molar refractivity (Wildman–Crippen MR) is 77.9 cm³/mol. The van der Waals surface area contributed by atoms with Crippen molar-refractivity contribution in [2.24, 2.45) is 5.92 Å². The largest absolute Gasteiger partial charge is 0.312 e. The van der Waals surface area contributed by atoms with E-state index >= 15 is 0 Å². The molecule has 1 N–H and O–H groups in total. The van der Waals surface area contributed by atoms with Crippen LogP contribution in [0.5, 0.6) is 0 Å². The molecule has 0 saturated heterocycles. The van der Waals surface area contributed by atoms with E-state index in [9.17, 15) is 0 Å². The molecule has 1 aliphatic heterocycles. The quantitative estimate of drug-likeness (QED) is 0.866. The maximum absolute atomic E-state index is 3.51. The van der Waals surface area contributed by atoms with Crippen LogP contribution in [0.1, 0.15) is 47.0 Å². The third kappa shape index (κ3) is 2.88. The Bertz CT molecular complexity index is 358. The molecule has 0 aromatic carbocycles. The lowest BCUT2D eigenvalue weighted by Crippen LogP contribution is -2.15. The minimum absolute atomic E-state index is 0.608. The maximum Gasteiger partial charge on any atom is 0.0412 e. The number of fused-ring (bicyclic) bond motifs is 1. The van der Waals surface area contributed by atoms with Crippen LogP contribution in [-0.4, -0.2) is 12.8 Å². The van der Waals surface area contributed by atoms with Gasteiger partial charge in [0.1, 0.15) is 0 Å². The van der Waals surface area contributed by atoms with Crippen LogP contribution in [0.3, 0.4) is 0 Å². The third-order valence-corrected chi connectivity index (χ3v) is 6.26. The second-order valence-corrected chi connectivity index (χ2v) is 7.54. The Labute approximate surface area is 112 Å². The van der Waals surface area contributed by atoms with Crippen molar-refractivity contribution in [1.82, 2.24) is 5.32 Å². The van der Waals surface area contributed by atoms with E-state index in [2.05, 4.69) is 41.5 Å². The number of nitrogens with one attached hydrogen (secondary N) is 1. The average Bonchev–Trinajstić information content (AvgIpc) is 3.08. The summed E-state index contributed by atoms with van der Waals surface area (Å²) in [5.74, 6) is 3.61. The topological polar surface area (TPSA) is 12.0 Å². The van der Waals surface area contributed by atoms with Crippen molar-refractivity contribution in [2.75, 3.05) is 12.8 Å². The minimum Gasteiger partial charge on any atom is -0.312 e.